The average molecular weight is 1170 g/mol. The number of nitrogens with one attached hydrogen (secondary N) is 1. The van der Waals surface area contributed by atoms with Gasteiger partial charge in [-0.05, 0) is 83.5 Å². The van der Waals surface area contributed by atoms with Crippen molar-refractivity contribution < 1.29 is 24.5 Å². The molecule has 6 nitrogen and oxygen atoms in total. The first-order valence-electron chi connectivity index (χ1n) is 37.8. The number of amides is 1. The molecule has 0 aromatic carbocycles. The van der Waals surface area contributed by atoms with Gasteiger partial charge in [-0.25, -0.2) is 0 Å². The molecule has 0 aliphatic heterocycles. The van der Waals surface area contributed by atoms with Gasteiger partial charge in [-0.1, -0.05) is 359 Å². The Morgan fingerprint density at radius 2 is 0.566 bits per heavy atom. The third-order valence-corrected chi connectivity index (χ3v) is 17.6. The number of carbonyl (C=O) groups excluding carboxylic acids is 2. The van der Waals surface area contributed by atoms with E-state index >= 15 is 0 Å². The quantitative estimate of drug-likeness (QED) is 0.0320. The number of carbonyl (C=O) groups is 2. The summed E-state index contributed by atoms with van der Waals surface area (Å²) in [4.78, 5) is 24.6. The van der Waals surface area contributed by atoms with Crippen LogP contribution in [0.4, 0.5) is 0 Å². The second-order valence-electron chi connectivity index (χ2n) is 26.0. The molecular weight excluding hydrogens is 1020 g/mol. The summed E-state index contributed by atoms with van der Waals surface area (Å²) < 4.78 is 5.49. The number of rotatable bonds is 71. The summed E-state index contributed by atoms with van der Waals surface area (Å²) >= 11 is 0. The highest BCUT2D eigenvalue weighted by Gasteiger charge is 2.18. The van der Waals surface area contributed by atoms with Crippen molar-refractivity contribution in [2.24, 2.45) is 0 Å². The molecule has 6 heteroatoms. The van der Waals surface area contributed by atoms with Gasteiger partial charge < -0.3 is 20.3 Å². The van der Waals surface area contributed by atoms with Gasteiger partial charge in [-0.3, -0.25) is 9.59 Å². The lowest BCUT2D eigenvalue weighted by Gasteiger charge is -2.20. The number of aliphatic hydroxyl groups is 2. The number of unbranched alkanes of at least 4 members (excludes halogenated alkanes) is 56. The van der Waals surface area contributed by atoms with Gasteiger partial charge >= 0.3 is 5.97 Å². The van der Waals surface area contributed by atoms with Crippen molar-refractivity contribution in [2.45, 2.75) is 431 Å². The molecule has 0 aliphatic rings. The van der Waals surface area contributed by atoms with Crippen LogP contribution in [0.3, 0.4) is 0 Å². The summed E-state index contributed by atoms with van der Waals surface area (Å²) in [6, 6.07) is -0.626. The zero-order valence-corrected chi connectivity index (χ0v) is 56.2. The van der Waals surface area contributed by atoms with E-state index in [1.807, 2.05) is 6.08 Å². The standard InChI is InChI=1S/C77H147NO5/c1-3-5-7-9-11-13-15-17-19-20-38-42-45-49-53-57-61-65-69-75(80)74(73-79)78-76(81)70-66-62-58-54-50-46-43-39-36-34-32-30-28-26-24-22-21-23-25-27-29-31-33-35-37-40-44-48-52-56-60-64-68-72-83-77(82)71-67-63-59-55-51-47-41-18-16-14-12-10-8-6-4-2/h18,25,27,41,65,69,74-75,79-80H,3-17,19-24,26,28-40,42-64,66-68,70-73H2,1-2H3,(H,78,81)/b27-25-,41-18-,69-65+. The lowest BCUT2D eigenvalue weighted by molar-refractivity contribution is -0.143. The molecule has 0 radical (unpaired) electrons. The van der Waals surface area contributed by atoms with Crippen LogP contribution >= 0.6 is 0 Å². The Morgan fingerprint density at radius 1 is 0.325 bits per heavy atom. The molecule has 0 aromatic heterocycles. The number of allylic oxidation sites excluding steroid dienone is 5. The maximum absolute atomic E-state index is 12.5. The summed E-state index contributed by atoms with van der Waals surface area (Å²) in [6.45, 7) is 4.93. The topological polar surface area (TPSA) is 95.9 Å². The largest absolute Gasteiger partial charge is 0.466 e. The summed E-state index contributed by atoms with van der Waals surface area (Å²) in [5.41, 5.74) is 0. The highest BCUT2D eigenvalue weighted by molar-refractivity contribution is 5.76. The smallest absolute Gasteiger partial charge is 0.305 e. The second kappa shape index (κ2) is 72.6. The average Bonchev–Trinajstić information content (AvgIpc) is 3.49. The highest BCUT2D eigenvalue weighted by atomic mass is 16.5. The second-order valence-corrected chi connectivity index (χ2v) is 26.0. The maximum Gasteiger partial charge on any atom is 0.305 e. The van der Waals surface area contributed by atoms with E-state index in [0.29, 0.717) is 19.4 Å². The van der Waals surface area contributed by atoms with Crippen LogP contribution in [0.2, 0.25) is 0 Å². The Kier molecular flexibility index (Phi) is 70.9. The maximum atomic E-state index is 12.5. The van der Waals surface area contributed by atoms with E-state index in [1.165, 1.54) is 347 Å². The fraction of sp³-hybridized carbons (Fsp3) is 0.896. The first-order valence-corrected chi connectivity index (χ1v) is 37.8. The van der Waals surface area contributed by atoms with Crippen LogP contribution in [0, 0.1) is 0 Å². The summed E-state index contributed by atoms with van der Waals surface area (Å²) in [5, 5.41) is 23.2. The van der Waals surface area contributed by atoms with Crippen molar-refractivity contribution in [1.82, 2.24) is 5.32 Å². The van der Waals surface area contributed by atoms with Crippen LogP contribution in [0.25, 0.3) is 0 Å². The molecule has 0 aliphatic carbocycles. The molecule has 0 aromatic rings. The van der Waals surface area contributed by atoms with E-state index in [1.54, 1.807) is 6.08 Å². The molecule has 2 atom stereocenters. The molecule has 490 valence electrons. The number of aliphatic hydroxyl groups excluding tert-OH is 2. The Hall–Kier alpha value is -1.92. The van der Waals surface area contributed by atoms with Crippen LogP contribution in [0.5, 0.6) is 0 Å². The summed E-state index contributed by atoms with van der Waals surface area (Å²) in [6.07, 6.45) is 93.9. The van der Waals surface area contributed by atoms with E-state index in [2.05, 4.69) is 43.5 Å². The zero-order valence-electron chi connectivity index (χ0n) is 56.2. The van der Waals surface area contributed by atoms with Crippen molar-refractivity contribution in [3.8, 4) is 0 Å². The van der Waals surface area contributed by atoms with Crippen LogP contribution in [-0.2, 0) is 14.3 Å². The third kappa shape index (κ3) is 69.1. The van der Waals surface area contributed by atoms with Crippen molar-refractivity contribution in [3.05, 3.63) is 36.5 Å². The van der Waals surface area contributed by atoms with E-state index in [0.717, 1.165) is 44.9 Å². The number of esters is 1. The molecule has 3 N–H and O–H groups in total. The van der Waals surface area contributed by atoms with Gasteiger partial charge in [0, 0.05) is 12.8 Å². The lowest BCUT2D eigenvalue weighted by Crippen LogP contribution is -2.45. The predicted molar refractivity (Wildman–Crippen MR) is 366 cm³/mol. The monoisotopic (exact) mass is 1170 g/mol. The van der Waals surface area contributed by atoms with Crippen molar-refractivity contribution in [1.29, 1.82) is 0 Å². The Bertz CT molecular complexity index is 1340. The molecule has 0 fully saturated rings. The van der Waals surface area contributed by atoms with E-state index in [4.69, 9.17) is 4.74 Å². The molecule has 0 spiro atoms. The summed E-state index contributed by atoms with van der Waals surface area (Å²) in [5.74, 6) is -0.0504. The normalized spacial score (nSPS) is 12.7. The number of ether oxygens (including phenoxy) is 1. The van der Waals surface area contributed by atoms with Gasteiger partial charge in [-0.2, -0.15) is 0 Å². The molecule has 0 saturated carbocycles. The Balaban J connectivity index is 3.37. The van der Waals surface area contributed by atoms with Crippen LogP contribution in [0.1, 0.15) is 418 Å². The molecule has 0 bridgehead atoms. The highest BCUT2D eigenvalue weighted by Crippen LogP contribution is 2.19. The fourth-order valence-electron chi connectivity index (χ4n) is 11.9. The van der Waals surface area contributed by atoms with Gasteiger partial charge in [0.25, 0.3) is 0 Å². The van der Waals surface area contributed by atoms with Crippen molar-refractivity contribution >= 4 is 11.9 Å². The van der Waals surface area contributed by atoms with Crippen LogP contribution < -0.4 is 5.32 Å². The molecule has 0 heterocycles. The van der Waals surface area contributed by atoms with Gasteiger partial charge in [0.2, 0.25) is 5.91 Å². The predicted octanol–water partition coefficient (Wildman–Crippen LogP) is 24.7. The van der Waals surface area contributed by atoms with E-state index in [-0.39, 0.29) is 18.5 Å². The first-order chi connectivity index (χ1) is 41.0. The lowest BCUT2D eigenvalue weighted by atomic mass is 10.0. The van der Waals surface area contributed by atoms with E-state index in [9.17, 15) is 19.8 Å². The Labute approximate surface area is 519 Å². The zero-order chi connectivity index (χ0) is 59.9. The molecular formula is C77H147NO5. The summed E-state index contributed by atoms with van der Waals surface area (Å²) in [7, 11) is 0. The molecule has 0 saturated heterocycles. The number of hydrogen-bond acceptors (Lipinski definition) is 5. The molecule has 2 unspecified atom stereocenters. The minimum absolute atomic E-state index is 0.0110. The van der Waals surface area contributed by atoms with Gasteiger partial charge in [0.1, 0.15) is 0 Å². The van der Waals surface area contributed by atoms with E-state index < -0.39 is 12.1 Å². The minimum Gasteiger partial charge on any atom is -0.466 e. The fourth-order valence-corrected chi connectivity index (χ4v) is 11.9. The molecule has 0 rings (SSSR count). The molecule has 83 heavy (non-hydrogen) atoms. The van der Waals surface area contributed by atoms with Gasteiger partial charge in [-0.15, -0.1) is 0 Å². The van der Waals surface area contributed by atoms with Gasteiger partial charge in [0.05, 0.1) is 25.4 Å². The molecule has 1 amide bonds. The van der Waals surface area contributed by atoms with Crippen LogP contribution in [-0.4, -0.2) is 47.4 Å². The first kappa shape index (κ1) is 81.1. The minimum atomic E-state index is -0.843. The number of hydrogen-bond donors (Lipinski definition) is 3. The van der Waals surface area contributed by atoms with Crippen molar-refractivity contribution in [2.75, 3.05) is 13.2 Å². The Morgan fingerprint density at radius 3 is 0.855 bits per heavy atom. The SMILES string of the molecule is CCCCCCCC/C=C\CCCCCCCC(=O)OCCCCCCCCCCCCCC/C=C\CCCCCCCCCCCCCCCCCCCC(=O)NC(CO)C(O)/C=C/CCCCCCCCCCCCCCCCCC. The third-order valence-electron chi connectivity index (χ3n) is 17.6. The van der Waals surface area contributed by atoms with Gasteiger partial charge in [0.15, 0.2) is 0 Å². The van der Waals surface area contributed by atoms with Crippen LogP contribution in [0.15, 0.2) is 36.5 Å². The van der Waals surface area contributed by atoms with Crippen molar-refractivity contribution in [3.63, 3.8) is 0 Å².